The van der Waals surface area contributed by atoms with Crippen LogP contribution in [0.25, 0.3) is 0 Å². The number of amides is 1. The molecule has 0 aromatic rings. The molecule has 3 nitrogen and oxygen atoms in total. The molecule has 0 rings (SSSR count). The van der Waals surface area contributed by atoms with Crippen LogP contribution in [0.3, 0.4) is 0 Å². The van der Waals surface area contributed by atoms with Gasteiger partial charge in [-0.3, -0.25) is 4.79 Å². The van der Waals surface area contributed by atoms with E-state index in [-0.39, 0.29) is 18.0 Å². The van der Waals surface area contributed by atoms with Crippen LogP contribution in [0.15, 0.2) is 11.6 Å². The Morgan fingerprint density at radius 2 is 1.92 bits per heavy atom. The maximum atomic E-state index is 11.3. The van der Waals surface area contributed by atoms with Crippen LogP contribution in [0.1, 0.15) is 27.7 Å². The van der Waals surface area contributed by atoms with Crippen LogP contribution in [0, 0.1) is 0 Å². The third-order valence-electron chi connectivity index (χ3n) is 1.29. The van der Waals surface area contributed by atoms with Gasteiger partial charge in [-0.25, -0.2) is 0 Å². The molecular formula is C9H18N2O. The zero-order chi connectivity index (χ0) is 9.72. The molecule has 0 saturated heterocycles. The van der Waals surface area contributed by atoms with Gasteiger partial charge in [-0.1, -0.05) is 6.08 Å². The minimum Gasteiger partial charge on any atom is -0.350 e. The lowest BCUT2D eigenvalue weighted by molar-refractivity contribution is -0.117. The van der Waals surface area contributed by atoms with Gasteiger partial charge in [0.15, 0.2) is 0 Å². The summed E-state index contributed by atoms with van der Waals surface area (Å²) in [6, 6.07) is 0.108. The number of nitrogens with one attached hydrogen (secondary N) is 1. The smallest absolute Gasteiger partial charge is 0.246 e. The van der Waals surface area contributed by atoms with Crippen molar-refractivity contribution in [1.82, 2.24) is 5.32 Å². The average Bonchev–Trinajstić information content (AvgIpc) is 1.84. The van der Waals surface area contributed by atoms with E-state index in [9.17, 15) is 4.79 Å². The second-order valence-electron chi connectivity index (χ2n) is 3.34. The quantitative estimate of drug-likeness (QED) is 0.616. The predicted octanol–water partition coefficient (Wildman–Crippen LogP) is 0.804. The first-order valence-corrected chi connectivity index (χ1v) is 4.18. The fourth-order valence-electron chi connectivity index (χ4n) is 0.846. The maximum absolute atomic E-state index is 11.3. The Morgan fingerprint density at radius 3 is 2.25 bits per heavy atom. The highest BCUT2D eigenvalue weighted by Crippen LogP contribution is 1.95. The van der Waals surface area contributed by atoms with Crippen molar-refractivity contribution in [2.75, 3.05) is 0 Å². The summed E-state index contributed by atoms with van der Waals surface area (Å²) >= 11 is 0. The molecule has 0 saturated carbocycles. The van der Waals surface area contributed by atoms with Gasteiger partial charge >= 0.3 is 0 Å². The number of carbonyl (C=O) groups excluding carboxylic acids is 1. The average molecular weight is 170 g/mol. The molecule has 3 N–H and O–H groups in total. The number of nitrogens with two attached hydrogens (primary N) is 1. The minimum atomic E-state index is -0.0667. The van der Waals surface area contributed by atoms with Crippen LogP contribution >= 0.6 is 0 Å². The highest BCUT2D eigenvalue weighted by atomic mass is 16.1. The van der Waals surface area contributed by atoms with E-state index in [2.05, 4.69) is 5.32 Å². The summed E-state index contributed by atoms with van der Waals surface area (Å²) < 4.78 is 0. The molecule has 12 heavy (non-hydrogen) atoms. The summed E-state index contributed by atoms with van der Waals surface area (Å²) in [6.45, 7) is 7.46. The third kappa shape index (κ3) is 4.91. The van der Waals surface area contributed by atoms with E-state index < -0.39 is 0 Å². The largest absolute Gasteiger partial charge is 0.350 e. The van der Waals surface area contributed by atoms with Gasteiger partial charge in [0, 0.05) is 17.7 Å². The van der Waals surface area contributed by atoms with Crippen molar-refractivity contribution >= 4 is 5.91 Å². The minimum absolute atomic E-state index is 0.0395. The highest BCUT2D eigenvalue weighted by Gasteiger charge is 2.05. The Bertz CT molecular complexity index is 183. The molecular weight excluding hydrogens is 152 g/mol. The molecule has 0 aliphatic heterocycles. The maximum Gasteiger partial charge on any atom is 0.246 e. The van der Waals surface area contributed by atoms with E-state index in [1.807, 2.05) is 20.8 Å². The van der Waals surface area contributed by atoms with Crippen molar-refractivity contribution in [3.8, 4) is 0 Å². The van der Waals surface area contributed by atoms with Gasteiger partial charge < -0.3 is 11.1 Å². The standard InChI is InChI=1S/C9H18N2O/c1-6(2)11-9(12)7(3)5-8(4)10/h5-6,8H,10H2,1-4H3,(H,11,12)/b7-5+/t8-/m0/s1. The molecule has 1 atom stereocenters. The number of carbonyl (C=O) groups is 1. The van der Waals surface area contributed by atoms with Gasteiger partial charge in [-0.15, -0.1) is 0 Å². The van der Waals surface area contributed by atoms with E-state index >= 15 is 0 Å². The molecule has 0 heterocycles. The number of rotatable bonds is 3. The fraction of sp³-hybridized carbons (Fsp3) is 0.667. The lowest BCUT2D eigenvalue weighted by atomic mass is 10.2. The Kier molecular flexibility index (Phi) is 4.59. The SMILES string of the molecule is C/C(=C\[C@H](C)N)C(=O)NC(C)C. The van der Waals surface area contributed by atoms with Crippen LogP contribution in [-0.2, 0) is 4.79 Å². The molecule has 0 fully saturated rings. The van der Waals surface area contributed by atoms with Crippen LogP contribution in [0.2, 0.25) is 0 Å². The van der Waals surface area contributed by atoms with Crippen LogP contribution in [0.4, 0.5) is 0 Å². The third-order valence-corrected chi connectivity index (χ3v) is 1.29. The van der Waals surface area contributed by atoms with Gasteiger partial charge in [0.1, 0.15) is 0 Å². The van der Waals surface area contributed by atoms with E-state index in [0.717, 1.165) is 0 Å². The molecule has 0 bridgehead atoms. The lowest BCUT2D eigenvalue weighted by Crippen LogP contribution is -2.31. The van der Waals surface area contributed by atoms with Gasteiger partial charge in [0.2, 0.25) is 5.91 Å². The Labute approximate surface area is 74.0 Å². The summed E-state index contributed by atoms with van der Waals surface area (Å²) in [5, 5.41) is 2.79. The van der Waals surface area contributed by atoms with Crippen molar-refractivity contribution in [3.05, 3.63) is 11.6 Å². The van der Waals surface area contributed by atoms with E-state index in [1.165, 1.54) is 0 Å². The van der Waals surface area contributed by atoms with Crippen molar-refractivity contribution in [1.29, 1.82) is 0 Å². The van der Waals surface area contributed by atoms with Crippen molar-refractivity contribution in [2.24, 2.45) is 5.73 Å². The second-order valence-corrected chi connectivity index (χ2v) is 3.34. The van der Waals surface area contributed by atoms with Crippen LogP contribution in [0.5, 0.6) is 0 Å². The summed E-state index contributed by atoms with van der Waals surface area (Å²) in [5.41, 5.74) is 6.18. The van der Waals surface area contributed by atoms with Crippen molar-refractivity contribution in [2.45, 2.75) is 39.8 Å². The van der Waals surface area contributed by atoms with Crippen LogP contribution in [-0.4, -0.2) is 18.0 Å². The molecule has 0 radical (unpaired) electrons. The normalized spacial score (nSPS) is 14.7. The van der Waals surface area contributed by atoms with E-state index in [0.29, 0.717) is 5.57 Å². The summed E-state index contributed by atoms with van der Waals surface area (Å²) in [5.74, 6) is -0.0395. The van der Waals surface area contributed by atoms with E-state index in [4.69, 9.17) is 5.73 Å². The number of hydrogen-bond donors (Lipinski definition) is 2. The molecule has 70 valence electrons. The van der Waals surface area contributed by atoms with Gasteiger partial charge in [-0.05, 0) is 27.7 Å². The zero-order valence-electron chi connectivity index (χ0n) is 8.22. The van der Waals surface area contributed by atoms with Gasteiger partial charge in [0.05, 0.1) is 0 Å². The van der Waals surface area contributed by atoms with Gasteiger partial charge in [0.25, 0.3) is 0 Å². The molecule has 0 aromatic heterocycles. The first kappa shape index (κ1) is 11.2. The van der Waals surface area contributed by atoms with Gasteiger partial charge in [-0.2, -0.15) is 0 Å². The monoisotopic (exact) mass is 170 g/mol. The first-order valence-electron chi connectivity index (χ1n) is 4.18. The Morgan fingerprint density at radius 1 is 1.42 bits per heavy atom. The number of hydrogen-bond acceptors (Lipinski definition) is 2. The highest BCUT2D eigenvalue weighted by molar-refractivity contribution is 5.92. The lowest BCUT2D eigenvalue weighted by Gasteiger charge is -2.08. The van der Waals surface area contributed by atoms with Crippen molar-refractivity contribution < 1.29 is 4.79 Å². The Balaban J connectivity index is 4.10. The second kappa shape index (κ2) is 4.93. The zero-order valence-corrected chi connectivity index (χ0v) is 8.22. The molecule has 0 aliphatic carbocycles. The molecule has 0 unspecified atom stereocenters. The summed E-state index contributed by atoms with van der Waals surface area (Å²) in [7, 11) is 0. The van der Waals surface area contributed by atoms with Crippen molar-refractivity contribution in [3.63, 3.8) is 0 Å². The topological polar surface area (TPSA) is 55.1 Å². The van der Waals surface area contributed by atoms with E-state index in [1.54, 1.807) is 13.0 Å². The molecule has 0 aliphatic rings. The Hall–Kier alpha value is -0.830. The first-order chi connectivity index (χ1) is 5.43. The summed E-state index contributed by atoms with van der Waals surface area (Å²) in [6.07, 6.45) is 1.75. The molecule has 0 spiro atoms. The molecule has 1 amide bonds. The van der Waals surface area contributed by atoms with Crippen LogP contribution < -0.4 is 11.1 Å². The fourth-order valence-corrected chi connectivity index (χ4v) is 0.846. The summed E-state index contributed by atoms with van der Waals surface area (Å²) in [4.78, 5) is 11.3. The predicted molar refractivity (Wildman–Crippen MR) is 50.7 cm³/mol. The molecule has 0 aromatic carbocycles. The molecule has 3 heteroatoms.